The van der Waals surface area contributed by atoms with Gasteiger partial charge in [0.25, 0.3) is 0 Å². The number of halogens is 1. The molecule has 2 fully saturated rings. The molecule has 2 aliphatic rings. The van der Waals surface area contributed by atoms with Crippen molar-refractivity contribution in [1.29, 1.82) is 0 Å². The number of nitrogens with two attached hydrogens (primary N) is 1. The van der Waals surface area contributed by atoms with Gasteiger partial charge in [0.15, 0.2) is 0 Å². The summed E-state index contributed by atoms with van der Waals surface area (Å²) in [5, 5.41) is 0. The third-order valence-electron chi connectivity index (χ3n) is 3.95. The zero-order valence-corrected chi connectivity index (χ0v) is 12.9. The zero-order valence-electron chi connectivity index (χ0n) is 11.3. The molecular weight excluding hydrogens is 304 g/mol. The summed E-state index contributed by atoms with van der Waals surface area (Å²) in [7, 11) is 0. The Kier molecular flexibility index (Phi) is 3.83. The van der Waals surface area contributed by atoms with E-state index in [2.05, 4.69) is 39.0 Å². The molecule has 0 aliphatic carbocycles. The minimum atomic E-state index is 0.206. The molecule has 3 unspecified atom stereocenters. The zero-order chi connectivity index (χ0) is 13.4. The quantitative estimate of drug-likeness (QED) is 0.929. The van der Waals surface area contributed by atoms with Crippen LogP contribution in [-0.2, 0) is 11.2 Å². The van der Waals surface area contributed by atoms with Crippen LogP contribution in [0.15, 0.2) is 22.7 Å². The molecule has 2 bridgehead atoms. The molecular formula is C15H21BrN2O. The second kappa shape index (κ2) is 5.43. The van der Waals surface area contributed by atoms with Gasteiger partial charge in [-0.25, -0.2) is 0 Å². The van der Waals surface area contributed by atoms with Crippen LogP contribution in [0.3, 0.4) is 0 Å². The molecule has 0 radical (unpaired) electrons. The van der Waals surface area contributed by atoms with Crippen molar-refractivity contribution < 1.29 is 4.74 Å². The van der Waals surface area contributed by atoms with Gasteiger partial charge >= 0.3 is 0 Å². The fourth-order valence-corrected chi connectivity index (χ4v) is 3.79. The topological polar surface area (TPSA) is 38.5 Å². The van der Waals surface area contributed by atoms with Crippen LogP contribution in [0.1, 0.15) is 25.3 Å². The van der Waals surface area contributed by atoms with Gasteiger partial charge in [0.2, 0.25) is 0 Å². The number of ether oxygens (including phenoxy) is 1. The minimum Gasteiger partial charge on any atom is -0.371 e. The summed E-state index contributed by atoms with van der Waals surface area (Å²) in [6.07, 6.45) is 4.19. The van der Waals surface area contributed by atoms with Gasteiger partial charge < -0.3 is 15.4 Å². The number of morpholine rings is 1. The molecule has 0 amide bonds. The number of anilines is 1. The fraction of sp³-hybridized carbons (Fsp3) is 0.600. The molecule has 2 aliphatic heterocycles. The average molecular weight is 325 g/mol. The Morgan fingerprint density at radius 3 is 2.63 bits per heavy atom. The normalized spacial score (nSPS) is 27.6. The molecule has 3 rings (SSSR count). The van der Waals surface area contributed by atoms with Crippen LogP contribution in [0.2, 0.25) is 0 Å². The van der Waals surface area contributed by atoms with Gasteiger partial charge in [-0.2, -0.15) is 0 Å². The van der Waals surface area contributed by atoms with Crippen molar-refractivity contribution in [1.82, 2.24) is 0 Å². The van der Waals surface area contributed by atoms with Gasteiger partial charge in [0.1, 0.15) is 0 Å². The maximum atomic E-state index is 5.89. The Labute approximate surface area is 123 Å². The molecule has 3 nitrogen and oxygen atoms in total. The van der Waals surface area contributed by atoms with Crippen molar-refractivity contribution in [2.75, 3.05) is 18.0 Å². The first-order chi connectivity index (χ1) is 9.11. The number of nitrogens with zero attached hydrogens (tertiary/aromatic N) is 1. The van der Waals surface area contributed by atoms with Gasteiger partial charge in [-0.3, -0.25) is 0 Å². The fourth-order valence-electron chi connectivity index (χ4n) is 3.12. The van der Waals surface area contributed by atoms with E-state index in [9.17, 15) is 0 Å². The molecule has 19 heavy (non-hydrogen) atoms. The molecule has 2 saturated heterocycles. The van der Waals surface area contributed by atoms with E-state index in [-0.39, 0.29) is 6.04 Å². The largest absolute Gasteiger partial charge is 0.371 e. The van der Waals surface area contributed by atoms with E-state index in [1.165, 1.54) is 28.6 Å². The minimum absolute atomic E-state index is 0.206. The lowest BCUT2D eigenvalue weighted by molar-refractivity contribution is 0.0304. The maximum absolute atomic E-state index is 5.89. The molecule has 104 valence electrons. The van der Waals surface area contributed by atoms with Crippen LogP contribution in [0.4, 0.5) is 5.69 Å². The Bertz CT molecular complexity index is 451. The summed E-state index contributed by atoms with van der Waals surface area (Å²) in [5.41, 5.74) is 8.44. The van der Waals surface area contributed by atoms with Gasteiger partial charge in [-0.15, -0.1) is 0 Å². The first kappa shape index (κ1) is 13.4. The monoisotopic (exact) mass is 324 g/mol. The Hall–Kier alpha value is -0.580. The van der Waals surface area contributed by atoms with E-state index in [1.54, 1.807) is 0 Å². The lowest BCUT2D eigenvalue weighted by Gasteiger charge is -2.34. The van der Waals surface area contributed by atoms with E-state index in [0.717, 1.165) is 19.5 Å². The maximum Gasteiger partial charge on any atom is 0.0755 e. The average Bonchev–Trinajstić information content (AvgIpc) is 2.67. The third kappa shape index (κ3) is 2.96. The Morgan fingerprint density at radius 1 is 1.37 bits per heavy atom. The standard InChI is InChI=1S/C15H21BrN2O/c1-10(17)6-11-2-5-15(14(16)7-11)18-8-12-3-4-13(9-18)19-12/h2,5,7,10,12-13H,3-4,6,8-9,17H2,1H3. The van der Waals surface area contributed by atoms with Crippen molar-refractivity contribution in [3.8, 4) is 0 Å². The SMILES string of the molecule is CC(N)Cc1ccc(N2CC3CCC(C2)O3)c(Br)c1. The molecule has 1 aromatic rings. The summed E-state index contributed by atoms with van der Waals surface area (Å²) >= 11 is 3.71. The van der Waals surface area contributed by atoms with Crippen molar-refractivity contribution in [2.45, 2.75) is 44.4 Å². The first-order valence-corrected chi connectivity index (χ1v) is 7.85. The van der Waals surface area contributed by atoms with E-state index in [4.69, 9.17) is 10.5 Å². The smallest absolute Gasteiger partial charge is 0.0755 e. The van der Waals surface area contributed by atoms with Gasteiger partial charge in [-0.05, 0) is 59.8 Å². The van der Waals surface area contributed by atoms with Crippen LogP contribution < -0.4 is 10.6 Å². The van der Waals surface area contributed by atoms with Crippen LogP contribution in [0.5, 0.6) is 0 Å². The van der Waals surface area contributed by atoms with Crippen molar-refractivity contribution in [2.24, 2.45) is 5.73 Å². The van der Waals surface area contributed by atoms with Gasteiger partial charge in [-0.1, -0.05) is 6.07 Å². The highest BCUT2D eigenvalue weighted by molar-refractivity contribution is 9.10. The molecule has 0 spiro atoms. The number of rotatable bonds is 3. The van der Waals surface area contributed by atoms with E-state index < -0.39 is 0 Å². The van der Waals surface area contributed by atoms with Crippen molar-refractivity contribution in [3.05, 3.63) is 28.2 Å². The molecule has 2 N–H and O–H groups in total. The van der Waals surface area contributed by atoms with Crippen LogP contribution in [-0.4, -0.2) is 31.3 Å². The molecule has 3 atom stereocenters. The Morgan fingerprint density at radius 2 is 2.05 bits per heavy atom. The predicted molar refractivity (Wildman–Crippen MR) is 81.6 cm³/mol. The molecule has 1 aromatic carbocycles. The second-order valence-electron chi connectivity index (χ2n) is 5.83. The second-order valence-corrected chi connectivity index (χ2v) is 6.68. The lowest BCUT2D eigenvalue weighted by atomic mass is 10.1. The Balaban J connectivity index is 1.77. The molecule has 2 heterocycles. The number of hydrogen-bond donors (Lipinski definition) is 1. The van der Waals surface area contributed by atoms with Crippen LogP contribution in [0, 0.1) is 0 Å². The molecule has 0 saturated carbocycles. The van der Waals surface area contributed by atoms with E-state index in [0.29, 0.717) is 12.2 Å². The number of benzene rings is 1. The van der Waals surface area contributed by atoms with Gasteiger partial charge in [0, 0.05) is 23.6 Å². The summed E-state index contributed by atoms with van der Waals surface area (Å²) < 4.78 is 7.06. The van der Waals surface area contributed by atoms with E-state index in [1.807, 2.05) is 6.92 Å². The summed E-state index contributed by atoms with van der Waals surface area (Å²) in [6.45, 7) is 4.07. The van der Waals surface area contributed by atoms with Gasteiger partial charge in [0.05, 0.1) is 17.9 Å². The first-order valence-electron chi connectivity index (χ1n) is 7.06. The number of hydrogen-bond acceptors (Lipinski definition) is 3. The lowest BCUT2D eigenvalue weighted by Crippen LogP contribution is -2.42. The highest BCUT2D eigenvalue weighted by Crippen LogP contribution is 2.34. The highest BCUT2D eigenvalue weighted by atomic mass is 79.9. The highest BCUT2D eigenvalue weighted by Gasteiger charge is 2.34. The van der Waals surface area contributed by atoms with Crippen LogP contribution in [0.25, 0.3) is 0 Å². The predicted octanol–water partition coefficient (Wildman–Crippen LogP) is 2.71. The summed E-state index contributed by atoms with van der Waals surface area (Å²) in [5.74, 6) is 0. The molecule has 0 aromatic heterocycles. The van der Waals surface area contributed by atoms with Crippen molar-refractivity contribution in [3.63, 3.8) is 0 Å². The van der Waals surface area contributed by atoms with Crippen LogP contribution >= 0.6 is 15.9 Å². The summed E-state index contributed by atoms with van der Waals surface area (Å²) in [4.78, 5) is 2.45. The number of fused-ring (bicyclic) bond motifs is 2. The van der Waals surface area contributed by atoms with E-state index >= 15 is 0 Å². The third-order valence-corrected chi connectivity index (χ3v) is 4.59. The molecule has 4 heteroatoms. The van der Waals surface area contributed by atoms with Crippen molar-refractivity contribution >= 4 is 21.6 Å². The summed E-state index contributed by atoms with van der Waals surface area (Å²) in [6, 6.07) is 6.82.